The van der Waals surface area contributed by atoms with E-state index in [-0.39, 0.29) is 24.5 Å². The number of fused-ring (bicyclic) bond motifs is 1. The number of aliphatic hydroxyl groups is 1. The van der Waals surface area contributed by atoms with Crippen LogP contribution in [0.25, 0.3) is 0 Å². The number of halogens is 1. The van der Waals surface area contributed by atoms with Crippen LogP contribution in [0.1, 0.15) is 16.8 Å². The molecule has 0 saturated carbocycles. The van der Waals surface area contributed by atoms with Crippen LogP contribution in [0.4, 0.5) is 4.39 Å². The van der Waals surface area contributed by atoms with E-state index >= 15 is 0 Å². The van der Waals surface area contributed by atoms with Crippen molar-refractivity contribution >= 4 is 5.78 Å². The highest BCUT2D eigenvalue weighted by atomic mass is 19.2. The molecule has 1 N–H and O–H groups in total. The van der Waals surface area contributed by atoms with Crippen LogP contribution in [0.3, 0.4) is 0 Å². The number of ether oxygens (including phenoxy) is 2. The zero-order valence-corrected chi connectivity index (χ0v) is 10.6. The fraction of sp³-hybridized carbons (Fsp3) is 0.267. The predicted molar refractivity (Wildman–Crippen MR) is 68.4 cm³/mol. The molecule has 20 heavy (non-hydrogen) atoms. The lowest BCUT2D eigenvalue weighted by Crippen LogP contribution is -2.32. The van der Waals surface area contributed by atoms with Gasteiger partial charge in [-0.1, -0.05) is 36.4 Å². The van der Waals surface area contributed by atoms with E-state index in [4.69, 9.17) is 9.47 Å². The van der Waals surface area contributed by atoms with Crippen molar-refractivity contribution in [3.05, 3.63) is 59.4 Å². The molecule has 1 saturated heterocycles. The minimum absolute atomic E-state index is 0.0839. The summed E-state index contributed by atoms with van der Waals surface area (Å²) in [7, 11) is 0. The van der Waals surface area contributed by atoms with Gasteiger partial charge in [0.1, 0.15) is 6.10 Å². The molecule has 2 unspecified atom stereocenters. The van der Waals surface area contributed by atoms with E-state index in [2.05, 4.69) is 0 Å². The van der Waals surface area contributed by atoms with E-state index in [9.17, 15) is 14.3 Å². The number of rotatable bonds is 3. The molecule has 1 aromatic carbocycles. The number of allylic oxidation sites excluding steroid dienone is 2. The maximum absolute atomic E-state index is 14.4. The molecule has 1 aromatic rings. The number of hydrogen-bond acceptors (Lipinski definition) is 4. The molecule has 1 fully saturated rings. The summed E-state index contributed by atoms with van der Waals surface area (Å²) < 4.78 is 24.2. The molecule has 2 atom stereocenters. The molecule has 2 aliphatic rings. The molecule has 5 heteroatoms. The summed E-state index contributed by atoms with van der Waals surface area (Å²) in [5.41, 5.74) is 0.655. The van der Waals surface area contributed by atoms with Gasteiger partial charge in [-0.05, 0) is 11.6 Å². The van der Waals surface area contributed by atoms with Gasteiger partial charge in [0.15, 0.2) is 18.3 Å². The molecule has 0 spiro atoms. The number of hydrogen-bond donors (Lipinski definition) is 1. The maximum Gasteiger partial charge on any atom is 0.273 e. The van der Waals surface area contributed by atoms with Crippen molar-refractivity contribution in [1.29, 1.82) is 0 Å². The lowest BCUT2D eigenvalue weighted by molar-refractivity contribution is -0.0930. The van der Waals surface area contributed by atoms with Crippen molar-refractivity contribution in [2.24, 2.45) is 0 Å². The van der Waals surface area contributed by atoms with Gasteiger partial charge in [0, 0.05) is 12.0 Å². The lowest BCUT2D eigenvalue weighted by Gasteiger charge is -2.24. The standard InChI is InChI=1S/C15H13FO4/c16-15-8-11(6-7-12(15)19-9-20-15)14(18)13(17)10-4-2-1-3-5-10/h1-7,14,18H,8-9H2. The summed E-state index contributed by atoms with van der Waals surface area (Å²) in [5.74, 6) is -2.45. The predicted octanol–water partition coefficient (Wildman–Crippen LogP) is 2.11. The van der Waals surface area contributed by atoms with Crippen LogP contribution < -0.4 is 0 Å². The first-order chi connectivity index (χ1) is 9.60. The number of benzene rings is 1. The smallest absolute Gasteiger partial charge is 0.273 e. The third-order valence-corrected chi connectivity index (χ3v) is 3.41. The topological polar surface area (TPSA) is 55.8 Å². The Morgan fingerprint density at radius 3 is 2.80 bits per heavy atom. The van der Waals surface area contributed by atoms with Gasteiger partial charge in [0.05, 0.1) is 0 Å². The molecule has 1 aliphatic carbocycles. The zero-order chi connectivity index (χ0) is 14.2. The largest absolute Gasteiger partial charge is 0.466 e. The van der Waals surface area contributed by atoms with E-state index < -0.39 is 17.7 Å². The van der Waals surface area contributed by atoms with Crippen LogP contribution in [-0.4, -0.2) is 29.6 Å². The minimum atomic E-state index is -2.07. The summed E-state index contributed by atoms with van der Waals surface area (Å²) in [6.45, 7) is -0.161. The summed E-state index contributed by atoms with van der Waals surface area (Å²) in [6, 6.07) is 8.40. The fourth-order valence-electron chi connectivity index (χ4n) is 2.30. The summed E-state index contributed by atoms with van der Waals surface area (Å²) in [6.07, 6.45) is 1.31. The lowest BCUT2D eigenvalue weighted by atomic mass is 9.91. The highest BCUT2D eigenvalue weighted by Gasteiger charge is 2.46. The number of aliphatic hydroxyl groups excluding tert-OH is 1. The molecule has 3 rings (SSSR count). The summed E-state index contributed by atoms with van der Waals surface area (Å²) in [4.78, 5) is 12.1. The first kappa shape index (κ1) is 13.0. The van der Waals surface area contributed by atoms with Crippen LogP contribution in [-0.2, 0) is 9.47 Å². The second kappa shape index (κ2) is 4.85. The summed E-state index contributed by atoms with van der Waals surface area (Å²) >= 11 is 0. The van der Waals surface area contributed by atoms with Gasteiger partial charge < -0.3 is 14.6 Å². The van der Waals surface area contributed by atoms with Crippen LogP contribution in [0.15, 0.2) is 53.8 Å². The SMILES string of the molecule is O=C(c1ccccc1)C(O)C1=CC=C2OCOC2(F)C1. The summed E-state index contributed by atoms with van der Waals surface area (Å²) in [5, 5.41) is 10.1. The Morgan fingerprint density at radius 2 is 2.05 bits per heavy atom. The zero-order valence-electron chi connectivity index (χ0n) is 10.6. The molecule has 4 nitrogen and oxygen atoms in total. The molecule has 0 radical (unpaired) electrons. The van der Waals surface area contributed by atoms with Crippen molar-refractivity contribution < 1.29 is 23.8 Å². The first-order valence-electron chi connectivity index (χ1n) is 6.24. The Bertz CT molecular complexity index is 593. The minimum Gasteiger partial charge on any atom is -0.466 e. The third kappa shape index (κ3) is 2.15. The molecular weight excluding hydrogens is 263 g/mol. The van der Waals surface area contributed by atoms with E-state index in [0.29, 0.717) is 5.56 Å². The Morgan fingerprint density at radius 1 is 1.30 bits per heavy atom. The number of carbonyl (C=O) groups is 1. The van der Waals surface area contributed by atoms with Crippen molar-refractivity contribution in [3.8, 4) is 0 Å². The Hall–Kier alpha value is -1.98. The van der Waals surface area contributed by atoms with Gasteiger partial charge in [0.25, 0.3) is 5.85 Å². The number of carbonyl (C=O) groups excluding carboxylic acids is 1. The monoisotopic (exact) mass is 276 g/mol. The first-order valence-corrected chi connectivity index (χ1v) is 6.24. The maximum atomic E-state index is 14.4. The van der Waals surface area contributed by atoms with E-state index in [0.717, 1.165) is 0 Å². The number of ketones is 1. The van der Waals surface area contributed by atoms with Crippen LogP contribution >= 0.6 is 0 Å². The molecule has 0 aromatic heterocycles. The second-order valence-electron chi connectivity index (χ2n) is 4.72. The number of alkyl halides is 1. The Labute approximate surface area is 115 Å². The molecule has 0 bridgehead atoms. The van der Waals surface area contributed by atoms with Gasteiger partial charge in [0.2, 0.25) is 0 Å². The van der Waals surface area contributed by atoms with Gasteiger partial charge in [-0.25, -0.2) is 4.39 Å². The number of Topliss-reactive ketones (excluding diaryl/α,β-unsaturated/α-hetero) is 1. The van der Waals surface area contributed by atoms with E-state index in [1.165, 1.54) is 12.2 Å². The second-order valence-corrected chi connectivity index (χ2v) is 4.72. The molecule has 0 amide bonds. The van der Waals surface area contributed by atoms with Gasteiger partial charge in [-0.2, -0.15) is 0 Å². The van der Waals surface area contributed by atoms with Gasteiger partial charge in [-0.15, -0.1) is 0 Å². The molecule has 1 heterocycles. The highest BCUT2D eigenvalue weighted by molar-refractivity contribution is 6.01. The quantitative estimate of drug-likeness (QED) is 0.859. The normalized spacial score (nSPS) is 26.1. The fourth-order valence-corrected chi connectivity index (χ4v) is 2.30. The van der Waals surface area contributed by atoms with Gasteiger partial charge in [-0.3, -0.25) is 4.79 Å². The van der Waals surface area contributed by atoms with Crippen molar-refractivity contribution in [2.45, 2.75) is 18.4 Å². The Balaban J connectivity index is 1.82. The highest BCUT2D eigenvalue weighted by Crippen LogP contribution is 2.40. The molecular formula is C15H13FO4. The average Bonchev–Trinajstić information content (AvgIpc) is 2.87. The molecule has 104 valence electrons. The van der Waals surface area contributed by atoms with Crippen LogP contribution in [0.2, 0.25) is 0 Å². The van der Waals surface area contributed by atoms with E-state index in [1.807, 2.05) is 0 Å². The Kier molecular flexibility index (Phi) is 3.16. The van der Waals surface area contributed by atoms with E-state index in [1.54, 1.807) is 30.3 Å². The molecule has 1 aliphatic heterocycles. The van der Waals surface area contributed by atoms with Crippen molar-refractivity contribution in [1.82, 2.24) is 0 Å². The average molecular weight is 276 g/mol. The van der Waals surface area contributed by atoms with Crippen molar-refractivity contribution in [2.75, 3.05) is 6.79 Å². The van der Waals surface area contributed by atoms with Crippen molar-refractivity contribution in [3.63, 3.8) is 0 Å². The third-order valence-electron chi connectivity index (χ3n) is 3.41. The van der Waals surface area contributed by atoms with Gasteiger partial charge >= 0.3 is 0 Å². The van der Waals surface area contributed by atoms with Crippen LogP contribution in [0.5, 0.6) is 0 Å². The van der Waals surface area contributed by atoms with Crippen LogP contribution in [0, 0.1) is 0 Å².